The predicted octanol–water partition coefficient (Wildman–Crippen LogP) is 12.9. The summed E-state index contributed by atoms with van der Waals surface area (Å²) in [5, 5.41) is 10.8. The van der Waals surface area contributed by atoms with Crippen LogP contribution in [0.4, 0.5) is 93.9 Å². The molecule has 2 aromatic carbocycles. The summed E-state index contributed by atoms with van der Waals surface area (Å²) < 4.78 is 280. The number of hydrogen-bond donors (Lipinski definition) is 3. The fraction of sp³-hybridized carbons (Fsp3) is 0.579. The van der Waals surface area contributed by atoms with Crippen molar-refractivity contribution in [3.8, 4) is 5.75 Å². The van der Waals surface area contributed by atoms with Crippen molar-refractivity contribution >= 4 is 26.0 Å². The minimum Gasteiger partial charge on any atom is -0.491 e. The van der Waals surface area contributed by atoms with E-state index in [0.717, 1.165) is 18.2 Å². The van der Waals surface area contributed by atoms with Gasteiger partial charge in [-0.15, -0.1) is 0 Å². The second-order valence-corrected chi connectivity index (χ2v) is 20.4. The van der Waals surface area contributed by atoms with Crippen LogP contribution in [-0.2, 0) is 14.0 Å². The Balaban J connectivity index is 2.30. The van der Waals surface area contributed by atoms with E-state index in [1.165, 1.54) is 63.5 Å². The highest BCUT2D eigenvalue weighted by Gasteiger charge is 2.95. The summed E-state index contributed by atoms with van der Waals surface area (Å²) in [6.07, 6.45) is -10.5. The first-order valence-corrected chi connectivity index (χ1v) is 21.2. The van der Waals surface area contributed by atoms with E-state index in [-0.39, 0.29) is 17.7 Å². The first-order valence-electron chi connectivity index (χ1n) is 18.9. The van der Waals surface area contributed by atoms with Crippen LogP contribution < -0.4 is 15.5 Å². The molecule has 0 radical (unpaired) electrons. The van der Waals surface area contributed by atoms with Gasteiger partial charge in [0.15, 0.2) is 8.32 Å². The van der Waals surface area contributed by atoms with Gasteiger partial charge in [-0.3, -0.25) is 15.3 Å². The smallest absolute Gasteiger partial charge is 0.460 e. The molecular weight excluding hydrogens is 969 g/mol. The maximum atomic E-state index is 15.0. The van der Waals surface area contributed by atoms with E-state index >= 15 is 0 Å². The first-order chi connectivity index (χ1) is 29.8. The molecule has 376 valence electrons. The molecule has 0 saturated carbocycles. The van der Waals surface area contributed by atoms with E-state index in [1.54, 1.807) is 6.92 Å². The topological polar surface area (TPSA) is 106 Å². The van der Waals surface area contributed by atoms with Crippen molar-refractivity contribution in [3.05, 3.63) is 71.8 Å². The van der Waals surface area contributed by atoms with Crippen molar-refractivity contribution in [2.24, 2.45) is 5.92 Å². The summed E-state index contributed by atoms with van der Waals surface area (Å²) in [5.74, 6) is -60.6. The van der Waals surface area contributed by atoms with E-state index in [2.05, 4.69) is 5.32 Å². The molecule has 0 aliphatic carbocycles. The number of benzene rings is 2. The monoisotopic (exact) mass is 1010 g/mol. The highest BCUT2D eigenvalue weighted by Crippen LogP contribution is 2.64. The quantitative estimate of drug-likeness (QED) is 0.0256. The van der Waals surface area contributed by atoms with Gasteiger partial charge in [0.2, 0.25) is 0 Å². The number of hydroxylamine groups is 1. The third-order valence-corrected chi connectivity index (χ3v) is 16.0. The Bertz CT molecular complexity index is 1970. The number of hydrogen-bond acceptors (Lipinski definition) is 6. The SMILES string of the molecule is CC(C)[Si](CCC(F)(F)C(F)(F)C(F)(F)C(F)(F)C(F)(F)C(F)(F)C(F)(F)C(F)(F)F)(OCCOc1ccc([C@H](OC(=O)Nc2ccc(F)cc2F)[C@H](C)C/C=C/C(=O)NO)cc1)C(C)C. The van der Waals surface area contributed by atoms with Gasteiger partial charge in [0.25, 0.3) is 5.91 Å². The predicted molar refractivity (Wildman–Crippen MR) is 196 cm³/mol. The van der Waals surface area contributed by atoms with Crippen LogP contribution in [0.2, 0.25) is 17.1 Å². The van der Waals surface area contributed by atoms with Gasteiger partial charge >= 0.3 is 53.7 Å². The van der Waals surface area contributed by atoms with Gasteiger partial charge in [0.1, 0.15) is 30.1 Å². The number of nitrogens with one attached hydrogen (secondary N) is 2. The Morgan fingerprint density at radius 3 is 1.67 bits per heavy atom. The fourth-order valence-corrected chi connectivity index (χ4v) is 10.9. The lowest BCUT2D eigenvalue weighted by Crippen LogP contribution is -2.74. The molecule has 3 N–H and O–H groups in total. The summed E-state index contributed by atoms with van der Waals surface area (Å²) in [7, 11) is -4.06. The molecule has 0 unspecified atom stereocenters. The van der Waals surface area contributed by atoms with Crippen molar-refractivity contribution in [1.82, 2.24) is 5.48 Å². The second kappa shape index (κ2) is 20.8. The van der Waals surface area contributed by atoms with E-state index in [4.69, 9.17) is 19.1 Å². The van der Waals surface area contributed by atoms with E-state index in [1.807, 2.05) is 0 Å². The van der Waals surface area contributed by atoms with E-state index in [0.29, 0.717) is 6.07 Å². The average molecular weight is 1010 g/mol. The van der Waals surface area contributed by atoms with Crippen LogP contribution in [0, 0.1) is 17.6 Å². The standard InChI is InChI=1S/C38H41F19N2O6Si/c1-20(2)66(21(3)4,18-15-31(41,42)32(43,44)33(45,46)34(47,48)35(49,50)36(51,52)37(53,54)38(55,56)57)64-17-16-63-25-12-9-23(10-13-25)29(22(5)7-6-8-28(60)59-62)65-30(61)58-27-14-11-24(39)19-26(27)40/h6,8-14,19-22,29,62H,7,15-18H2,1-5H3,(H,58,61)(H,59,60)/b8-6+/t22-,29-/m1/s1. The summed E-state index contributed by atoms with van der Waals surface area (Å²) in [6, 6.07) is 6.18. The summed E-state index contributed by atoms with van der Waals surface area (Å²) in [6.45, 7) is 5.59. The lowest BCUT2D eigenvalue weighted by Gasteiger charge is -2.44. The number of ether oxygens (including phenoxy) is 2. The molecule has 0 aliphatic rings. The number of allylic oxidation sites excluding steroid dienone is 1. The molecule has 66 heavy (non-hydrogen) atoms. The van der Waals surface area contributed by atoms with Crippen molar-refractivity contribution in [3.63, 3.8) is 0 Å². The van der Waals surface area contributed by atoms with Crippen molar-refractivity contribution in [1.29, 1.82) is 0 Å². The molecule has 0 spiro atoms. The molecule has 0 aliphatic heterocycles. The fourth-order valence-electron chi connectivity index (χ4n) is 6.41. The van der Waals surface area contributed by atoms with Crippen LogP contribution in [0.3, 0.4) is 0 Å². The third kappa shape index (κ3) is 11.6. The molecule has 0 aromatic heterocycles. The highest BCUT2D eigenvalue weighted by atomic mass is 28.4. The molecule has 0 saturated heterocycles. The van der Waals surface area contributed by atoms with Crippen LogP contribution in [-0.4, -0.2) is 86.4 Å². The zero-order chi connectivity index (χ0) is 51.3. The van der Waals surface area contributed by atoms with E-state index < -0.39 is 134 Å². The van der Waals surface area contributed by atoms with Gasteiger partial charge in [-0.25, -0.2) is 19.1 Å². The zero-order valence-electron chi connectivity index (χ0n) is 34.7. The number of halogens is 19. The number of carbonyl (C=O) groups is 2. The summed E-state index contributed by atoms with van der Waals surface area (Å²) in [5.41, 5.74) is -0.695. The van der Waals surface area contributed by atoms with Crippen LogP contribution in [0.1, 0.15) is 59.1 Å². The largest absolute Gasteiger partial charge is 0.491 e. The van der Waals surface area contributed by atoms with Crippen molar-refractivity contribution in [2.75, 3.05) is 18.5 Å². The number of amides is 2. The molecule has 28 heteroatoms. The molecule has 0 heterocycles. The zero-order valence-corrected chi connectivity index (χ0v) is 35.7. The molecule has 8 nitrogen and oxygen atoms in total. The Morgan fingerprint density at radius 2 is 1.20 bits per heavy atom. The molecule has 0 fully saturated rings. The van der Waals surface area contributed by atoms with Gasteiger partial charge in [0, 0.05) is 24.5 Å². The average Bonchev–Trinajstić information content (AvgIpc) is 3.19. The van der Waals surface area contributed by atoms with Crippen LogP contribution in [0.5, 0.6) is 5.75 Å². The maximum Gasteiger partial charge on any atom is 0.460 e. The van der Waals surface area contributed by atoms with Crippen LogP contribution >= 0.6 is 0 Å². The number of anilines is 1. The molecule has 2 rings (SSSR count). The lowest BCUT2D eigenvalue weighted by atomic mass is 9.88. The highest BCUT2D eigenvalue weighted by molar-refractivity contribution is 6.76. The Kier molecular flexibility index (Phi) is 18.2. The normalized spacial score (nSPS) is 15.0. The molecule has 2 aromatic rings. The molecule has 2 amide bonds. The van der Waals surface area contributed by atoms with Gasteiger partial charge < -0.3 is 13.9 Å². The Morgan fingerprint density at radius 1 is 0.697 bits per heavy atom. The molecule has 2 atom stereocenters. The first kappa shape index (κ1) is 57.7. The van der Waals surface area contributed by atoms with Crippen LogP contribution in [0.25, 0.3) is 0 Å². The number of carbonyl (C=O) groups excluding carboxylic acids is 2. The Labute approximate surface area is 363 Å². The van der Waals surface area contributed by atoms with Gasteiger partial charge in [-0.05, 0) is 53.4 Å². The van der Waals surface area contributed by atoms with Crippen molar-refractivity contribution in [2.45, 2.75) is 118 Å². The minimum atomic E-state index is -8.72. The number of alkyl halides is 17. The van der Waals surface area contributed by atoms with Gasteiger partial charge in [0.05, 0.1) is 12.3 Å². The van der Waals surface area contributed by atoms with Crippen LogP contribution in [0.15, 0.2) is 54.6 Å². The third-order valence-electron chi connectivity index (χ3n) is 10.3. The second-order valence-electron chi connectivity index (χ2n) is 15.3. The Hall–Kier alpha value is -4.47. The lowest BCUT2D eigenvalue weighted by molar-refractivity contribution is -0.461. The molecule has 0 bridgehead atoms. The minimum absolute atomic E-state index is 0.0252. The summed E-state index contributed by atoms with van der Waals surface area (Å²) >= 11 is 0. The summed E-state index contributed by atoms with van der Waals surface area (Å²) in [4.78, 5) is 24.1. The van der Waals surface area contributed by atoms with Gasteiger partial charge in [-0.2, -0.15) is 74.6 Å². The van der Waals surface area contributed by atoms with Gasteiger partial charge in [-0.1, -0.05) is 52.8 Å². The van der Waals surface area contributed by atoms with Crippen molar-refractivity contribution < 1.29 is 112 Å². The van der Waals surface area contributed by atoms with E-state index in [9.17, 15) is 93.0 Å². The molecular formula is C38H41F19N2O6Si. The number of rotatable bonds is 23. The maximum absolute atomic E-state index is 15.0.